The molecule has 1 N–H and O–H groups in total. The van der Waals surface area contributed by atoms with Gasteiger partial charge in [-0.1, -0.05) is 54.3 Å². The van der Waals surface area contributed by atoms with Crippen LogP contribution in [-0.2, 0) is 0 Å². The minimum Gasteiger partial charge on any atom is -0.478 e. The van der Waals surface area contributed by atoms with Crippen LogP contribution in [0.1, 0.15) is 21.5 Å². The van der Waals surface area contributed by atoms with Gasteiger partial charge in [-0.25, -0.2) is 4.79 Å². The first-order chi connectivity index (χ1) is 11.7. The summed E-state index contributed by atoms with van der Waals surface area (Å²) in [5.74, 6) is 5.94. The molecular weight excluding hydrogens is 300 g/mol. The van der Waals surface area contributed by atoms with Gasteiger partial charge in [0, 0.05) is 5.56 Å². The van der Waals surface area contributed by atoms with E-state index in [1.54, 1.807) is 24.3 Å². The molecule has 0 saturated carbocycles. The molecule has 3 nitrogen and oxygen atoms in total. The minimum absolute atomic E-state index is 0.114. The van der Waals surface area contributed by atoms with Gasteiger partial charge in [-0.2, -0.15) is 0 Å². The Balaban J connectivity index is 1.94. The van der Waals surface area contributed by atoms with E-state index in [1.807, 2.05) is 48.5 Å². The summed E-state index contributed by atoms with van der Waals surface area (Å²) in [5, 5.41) is 9.26. The third kappa shape index (κ3) is 3.63. The summed E-state index contributed by atoms with van der Waals surface area (Å²) in [6, 6.07) is 23.5. The molecule has 0 heterocycles. The number of para-hydroxylation sites is 2. The van der Waals surface area contributed by atoms with Crippen molar-refractivity contribution in [1.29, 1.82) is 0 Å². The van der Waals surface area contributed by atoms with E-state index in [-0.39, 0.29) is 5.56 Å². The first-order valence-corrected chi connectivity index (χ1v) is 7.40. The predicted octanol–water partition coefficient (Wildman–Crippen LogP) is 4.58. The van der Waals surface area contributed by atoms with Crippen LogP contribution in [0.3, 0.4) is 0 Å². The van der Waals surface area contributed by atoms with Crippen molar-refractivity contribution in [1.82, 2.24) is 0 Å². The third-order valence-corrected chi connectivity index (χ3v) is 3.34. The molecule has 3 aromatic carbocycles. The number of ether oxygens (including phenoxy) is 1. The topological polar surface area (TPSA) is 46.5 Å². The highest BCUT2D eigenvalue weighted by Crippen LogP contribution is 2.27. The second kappa shape index (κ2) is 7.17. The zero-order valence-electron chi connectivity index (χ0n) is 12.8. The Morgan fingerprint density at radius 1 is 0.750 bits per heavy atom. The van der Waals surface area contributed by atoms with Gasteiger partial charge in [0.25, 0.3) is 0 Å². The molecule has 0 radical (unpaired) electrons. The molecule has 0 unspecified atom stereocenters. The van der Waals surface area contributed by atoms with Crippen LogP contribution in [-0.4, -0.2) is 11.1 Å². The summed E-state index contributed by atoms with van der Waals surface area (Å²) in [7, 11) is 0. The number of benzene rings is 3. The molecule has 0 aliphatic carbocycles. The highest BCUT2D eigenvalue weighted by Gasteiger charge is 2.12. The second-order valence-electron chi connectivity index (χ2n) is 5.02. The Morgan fingerprint density at radius 3 is 2.12 bits per heavy atom. The zero-order valence-corrected chi connectivity index (χ0v) is 12.8. The lowest BCUT2D eigenvalue weighted by molar-refractivity contribution is 0.0694. The Kier molecular flexibility index (Phi) is 4.60. The molecule has 0 spiro atoms. The second-order valence-corrected chi connectivity index (χ2v) is 5.02. The van der Waals surface area contributed by atoms with E-state index >= 15 is 0 Å². The molecule has 116 valence electrons. The van der Waals surface area contributed by atoms with E-state index in [2.05, 4.69) is 11.8 Å². The SMILES string of the molecule is O=C(O)c1ccccc1Oc1ccccc1C#Cc1ccccc1. The first-order valence-electron chi connectivity index (χ1n) is 7.40. The van der Waals surface area contributed by atoms with Gasteiger partial charge >= 0.3 is 5.97 Å². The molecule has 0 bridgehead atoms. The molecule has 0 amide bonds. The molecule has 0 atom stereocenters. The van der Waals surface area contributed by atoms with Gasteiger partial charge in [0.15, 0.2) is 0 Å². The molecular formula is C21H14O3. The van der Waals surface area contributed by atoms with Crippen molar-refractivity contribution < 1.29 is 14.6 Å². The number of hydrogen-bond donors (Lipinski definition) is 1. The van der Waals surface area contributed by atoms with Gasteiger partial charge in [-0.05, 0) is 36.4 Å². The van der Waals surface area contributed by atoms with E-state index < -0.39 is 5.97 Å². The number of rotatable bonds is 3. The number of carbonyl (C=O) groups is 1. The summed E-state index contributed by atoms with van der Waals surface area (Å²) >= 11 is 0. The van der Waals surface area contributed by atoms with Crippen LogP contribution in [0, 0.1) is 11.8 Å². The first kappa shape index (κ1) is 15.4. The zero-order chi connectivity index (χ0) is 16.8. The van der Waals surface area contributed by atoms with Gasteiger partial charge in [-0.3, -0.25) is 0 Å². The average Bonchev–Trinajstić information content (AvgIpc) is 2.62. The molecule has 0 aromatic heterocycles. The average molecular weight is 314 g/mol. The Hall–Kier alpha value is -3.51. The standard InChI is InChI=1S/C21H14O3/c22-21(23)18-11-5-7-13-20(18)24-19-12-6-4-10-17(19)15-14-16-8-2-1-3-9-16/h1-13H,(H,22,23). The van der Waals surface area contributed by atoms with Crippen LogP contribution in [0.4, 0.5) is 0 Å². The molecule has 3 aromatic rings. The van der Waals surface area contributed by atoms with Crippen LogP contribution in [0.15, 0.2) is 78.9 Å². The van der Waals surface area contributed by atoms with E-state index in [0.29, 0.717) is 17.1 Å². The van der Waals surface area contributed by atoms with Crippen LogP contribution in [0.25, 0.3) is 0 Å². The Morgan fingerprint density at radius 2 is 1.38 bits per heavy atom. The van der Waals surface area contributed by atoms with Gasteiger partial charge < -0.3 is 9.84 Å². The number of carboxylic acid groups (broad SMARTS) is 1. The molecule has 0 fully saturated rings. The van der Waals surface area contributed by atoms with Gasteiger partial charge in [0.05, 0.1) is 5.56 Å². The highest BCUT2D eigenvalue weighted by molar-refractivity contribution is 5.91. The summed E-state index contributed by atoms with van der Waals surface area (Å²) < 4.78 is 5.81. The fourth-order valence-electron chi connectivity index (χ4n) is 2.17. The van der Waals surface area contributed by atoms with Gasteiger partial charge in [0.2, 0.25) is 0 Å². The van der Waals surface area contributed by atoms with E-state index in [4.69, 9.17) is 4.74 Å². The summed E-state index contributed by atoms with van der Waals surface area (Å²) in [6.07, 6.45) is 0. The maximum atomic E-state index is 11.3. The van der Waals surface area contributed by atoms with Crippen molar-refractivity contribution in [2.75, 3.05) is 0 Å². The normalized spacial score (nSPS) is 9.67. The fourth-order valence-corrected chi connectivity index (χ4v) is 2.17. The lowest BCUT2D eigenvalue weighted by Crippen LogP contribution is -2.00. The third-order valence-electron chi connectivity index (χ3n) is 3.34. The quantitative estimate of drug-likeness (QED) is 0.720. The predicted molar refractivity (Wildman–Crippen MR) is 92.3 cm³/mol. The van der Waals surface area contributed by atoms with Crippen molar-refractivity contribution in [3.63, 3.8) is 0 Å². The largest absolute Gasteiger partial charge is 0.478 e. The van der Waals surface area contributed by atoms with E-state index in [0.717, 1.165) is 5.56 Å². The smallest absolute Gasteiger partial charge is 0.339 e. The highest BCUT2D eigenvalue weighted by atomic mass is 16.5. The van der Waals surface area contributed by atoms with Crippen molar-refractivity contribution >= 4 is 5.97 Å². The van der Waals surface area contributed by atoms with Crippen molar-refractivity contribution in [2.45, 2.75) is 0 Å². The van der Waals surface area contributed by atoms with Crippen molar-refractivity contribution in [3.8, 4) is 23.3 Å². The number of hydrogen-bond acceptors (Lipinski definition) is 2. The summed E-state index contributed by atoms with van der Waals surface area (Å²) in [6.45, 7) is 0. The van der Waals surface area contributed by atoms with E-state index in [9.17, 15) is 9.90 Å². The lowest BCUT2D eigenvalue weighted by Gasteiger charge is -2.10. The number of aromatic carboxylic acids is 1. The van der Waals surface area contributed by atoms with Crippen LogP contribution in [0.2, 0.25) is 0 Å². The minimum atomic E-state index is -1.03. The number of carboxylic acids is 1. The lowest BCUT2D eigenvalue weighted by atomic mass is 10.1. The van der Waals surface area contributed by atoms with Gasteiger partial charge in [-0.15, -0.1) is 0 Å². The van der Waals surface area contributed by atoms with E-state index in [1.165, 1.54) is 6.07 Å². The Bertz CT molecular complexity index is 918. The Labute approximate surface area is 140 Å². The summed E-state index contributed by atoms with van der Waals surface area (Å²) in [5.41, 5.74) is 1.71. The maximum absolute atomic E-state index is 11.3. The van der Waals surface area contributed by atoms with Crippen LogP contribution in [0.5, 0.6) is 11.5 Å². The molecule has 0 saturated heterocycles. The van der Waals surface area contributed by atoms with Crippen molar-refractivity contribution in [3.05, 3.63) is 95.6 Å². The van der Waals surface area contributed by atoms with Crippen LogP contribution < -0.4 is 4.74 Å². The van der Waals surface area contributed by atoms with Crippen LogP contribution >= 0.6 is 0 Å². The fraction of sp³-hybridized carbons (Fsp3) is 0. The molecule has 0 aliphatic rings. The van der Waals surface area contributed by atoms with Crippen molar-refractivity contribution in [2.24, 2.45) is 0 Å². The molecule has 3 rings (SSSR count). The maximum Gasteiger partial charge on any atom is 0.339 e. The molecule has 3 heteroatoms. The molecule has 24 heavy (non-hydrogen) atoms. The van der Waals surface area contributed by atoms with Gasteiger partial charge in [0.1, 0.15) is 17.1 Å². The summed E-state index contributed by atoms with van der Waals surface area (Å²) in [4.78, 5) is 11.3. The molecule has 0 aliphatic heterocycles. The monoisotopic (exact) mass is 314 g/mol.